The number of carbonyl (C=O) groups excluding carboxylic acids is 1. The van der Waals surface area contributed by atoms with Crippen LogP contribution in [0.2, 0.25) is 0 Å². The zero-order valence-corrected chi connectivity index (χ0v) is 13.2. The lowest BCUT2D eigenvalue weighted by Gasteiger charge is -2.31. The van der Waals surface area contributed by atoms with E-state index in [2.05, 4.69) is 5.32 Å². The SMILES string of the molecule is C[C@@H]1NC(=S)N(c2ccc3c(c2)OC2(CCCCC2)O3)C1=O. The highest BCUT2D eigenvalue weighted by molar-refractivity contribution is 7.80. The fourth-order valence-corrected chi connectivity index (χ4v) is 3.74. The molecule has 6 heteroatoms. The van der Waals surface area contributed by atoms with Crippen LogP contribution in [0.15, 0.2) is 18.2 Å². The number of amides is 1. The Morgan fingerprint density at radius 3 is 2.64 bits per heavy atom. The molecule has 2 fully saturated rings. The Morgan fingerprint density at radius 2 is 1.95 bits per heavy atom. The van der Waals surface area contributed by atoms with Gasteiger partial charge >= 0.3 is 0 Å². The molecule has 22 heavy (non-hydrogen) atoms. The third kappa shape index (κ3) is 2.05. The van der Waals surface area contributed by atoms with E-state index >= 15 is 0 Å². The Kier molecular flexibility index (Phi) is 3.04. The van der Waals surface area contributed by atoms with E-state index < -0.39 is 5.79 Å². The van der Waals surface area contributed by atoms with Gasteiger partial charge in [-0.2, -0.15) is 0 Å². The molecule has 1 spiro atoms. The Morgan fingerprint density at radius 1 is 1.23 bits per heavy atom. The normalized spacial score (nSPS) is 25.7. The molecule has 5 nitrogen and oxygen atoms in total. The molecule has 2 aliphatic heterocycles. The Bertz CT molecular complexity index is 655. The van der Waals surface area contributed by atoms with Crippen molar-refractivity contribution in [1.29, 1.82) is 0 Å². The van der Waals surface area contributed by atoms with Crippen molar-refractivity contribution in [2.75, 3.05) is 4.90 Å². The van der Waals surface area contributed by atoms with Crippen LogP contribution in [0.1, 0.15) is 39.0 Å². The molecule has 4 rings (SSSR count). The molecule has 0 bridgehead atoms. The topological polar surface area (TPSA) is 50.8 Å². The molecule has 1 saturated heterocycles. The first-order chi connectivity index (χ1) is 10.6. The molecule has 0 radical (unpaired) electrons. The standard InChI is InChI=1S/C16H18N2O3S/c1-10-14(19)18(15(22)17-10)11-5-6-12-13(9-11)21-16(20-12)7-3-2-4-8-16/h5-6,9-10H,2-4,7-8H2,1H3,(H,17,22)/t10-/m0/s1. The van der Waals surface area contributed by atoms with Gasteiger partial charge in [-0.25, -0.2) is 0 Å². The average molecular weight is 318 g/mol. The molecule has 1 atom stereocenters. The molecule has 1 aromatic carbocycles. The molecular weight excluding hydrogens is 300 g/mol. The lowest BCUT2D eigenvalue weighted by atomic mass is 9.94. The largest absolute Gasteiger partial charge is 0.448 e. The Labute approximate surface area is 134 Å². The van der Waals surface area contributed by atoms with Crippen LogP contribution in [0.3, 0.4) is 0 Å². The van der Waals surface area contributed by atoms with Gasteiger partial charge in [-0.3, -0.25) is 9.69 Å². The number of thiocarbonyl (C=S) groups is 1. The van der Waals surface area contributed by atoms with E-state index in [-0.39, 0.29) is 11.9 Å². The molecule has 3 aliphatic rings. The van der Waals surface area contributed by atoms with Gasteiger partial charge < -0.3 is 14.8 Å². The van der Waals surface area contributed by atoms with E-state index in [1.165, 1.54) is 11.3 Å². The highest BCUT2D eigenvalue weighted by Crippen LogP contribution is 2.47. The van der Waals surface area contributed by atoms with Gasteiger partial charge in [-0.05, 0) is 44.1 Å². The van der Waals surface area contributed by atoms with Crippen molar-refractivity contribution in [2.24, 2.45) is 0 Å². The molecular formula is C16H18N2O3S. The number of rotatable bonds is 1. The monoisotopic (exact) mass is 318 g/mol. The van der Waals surface area contributed by atoms with Gasteiger partial charge in [-0.15, -0.1) is 0 Å². The number of benzene rings is 1. The summed E-state index contributed by atoms with van der Waals surface area (Å²) in [6.07, 6.45) is 5.30. The fraction of sp³-hybridized carbons (Fsp3) is 0.500. The van der Waals surface area contributed by atoms with Crippen molar-refractivity contribution in [1.82, 2.24) is 5.32 Å². The summed E-state index contributed by atoms with van der Waals surface area (Å²) in [5.74, 6) is 0.912. The summed E-state index contributed by atoms with van der Waals surface area (Å²) in [6.45, 7) is 1.80. The second-order valence-corrected chi connectivity index (χ2v) is 6.54. The average Bonchev–Trinajstić information content (AvgIpc) is 2.96. The van der Waals surface area contributed by atoms with Crippen LogP contribution >= 0.6 is 12.2 Å². The van der Waals surface area contributed by atoms with Crippen molar-refractivity contribution < 1.29 is 14.3 Å². The number of nitrogens with one attached hydrogen (secondary N) is 1. The molecule has 1 aromatic rings. The predicted octanol–water partition coefficient (Wildman–Crippen LogP) is 2.73. The minimum Gasteiger partial charge on any atom is -0.448 e. The number of hydrogen-bond donors (Lipinski definition) is 1. The first-order valence-electron chi connectivity index (χ1n) is 7.75. The number of hydrogen-bond acceptors (Lipinski definition) is 4. The van der Waals surface area contributed by atoms with Crippen molar-refractivity contribution >= 4 is 28.9 Å². The number of anilines is 1. The maximum Gasteiger partial charge on any atom is 0.255 e. The number of ether oxygens (including phenoxy) is 2. The quantitative estimate of drug-likeness (QED) is 0.807. The smallest absolute Gasteiger partial charge is 0.255 e. The van der Waals surface area contributed by atoms with Gasteiger partial charge in [0.1, 0.15) is 6.04 Å². The maximum absolute atomic E-state index is 12.2. The molecule has 1 amide bonds. The second-order valence-electron chi connectivity index (χ2n) is 6.15. The van der Waals surface area contributed by atoms with Crippen molar-refractivity contribution in [3.8, 4) is 11.5 Å². The third-order valence-electron chi connectivity index (χ3n) is 4.53. The van der Waals surface area contributed by atoms with Crippen LogP contribution in [0.4, 0.5) is 5.69 Å². The fourth-order valence-electron chi connectivity index (χ4n) is 3.37. The van der Waals surface area contributed by atoms with E-state index in [1.54, 1.807) is 6.92 Å². The molecule has 1 aliphatic carbocycles. The van der Waals surface area contributed by atoms with Crippen molar-refractivity contribution in [3.63, 3.8) is 0 Å². The Hall–Kier alpha value is -1.82. The zero-order valence-electron chi connectivity index (χ0n) is 12.4. The van der Waals surface area contributed by atoms with Crippen LogP contribution in [0, 0.1) is 0 Å². The Balaban J connectivity index is 1.63. The van der Waals surface area contributed by atoms with Gasteiger partial charge in [0.05, 0.1) is 5.69 Å². The molecule has 0 aromatic heterocycles. The van der Waals surface area contributed by atoms with E-state index in [9.17, 15) is 4.79 Å². The van der Waals surface area contributed by atoms with Gasteiger partial charge in [0.25, 0.3) is 11.7 Å². The number of carbonyl (C=O) groups is 1. The summed E-state index contributed by atoms with van der Waals surface area (Å²) in [6, 6.07) is 5.28. The number of fused-ring (bicyclic) bond motifs is 1. The molecule has 116 valence electrons. The van der Waals surface area contributed by atoms with Gasteiger partial charge in [0, 0.05) is 18.9 Å². The van der Waals surface area contributed by atoms with Gasteiger partial charge in [0.15, 0.2) is 16.6 Å². The van der Waals surface area contributed by atoms with Crippen LogP contribution in [-0.4, -0.2) is 22.8 Å². The summed E-state index contributed by atoms with van der Waals surface area (Å²) in [4.78, 5) is 13.7. The highest BCUT2D eigenvalue weighted by Gasteiger charge is 2.43. The summed E-state index contributed by atoms with van der Waals surface area (Å²) >= 11 is 5.25. The minimum atomic E-state index is -0.500. The van der Waals surface area contributed by atoms with Crippen molar-refractivity contribution in [2.45, 2.75) is 50.9 Å². The zero-order chi connectivity index (χ0) is 15.3. The first kappa shape index (κ1) is 13.8. The number of nitrogens with zero attached hydrogens (tertiary/aromatic N) is 1. The van der Waals surface area contributed by atoms with E-state index in [0.29, 0.717) is 10.9 Å². The van der Waals surface area contributed by atoms with Crippen molar-refractivity contribution in [3.05, 3.63) is 18.2 Å². The summed E-state index contributed by atoms with van der Waals surface area (Å²) in [5, 5.41) is 3.41. The molecule has 2 heterocycles. The predicted molar refractivity (Wildman–Crippen MR) is 86.2 cm³/mol. The van der Waals surface area contributed by atoms with E-state index in [0.717, 1.165) is 37.1 Å². The molecule has 1 N–H and O–H groups in total. The molecule has 1 saturated carbocycles. The summed E-state index contributed by atoms with van der Waals surface area (Å²) in [7, 11) is 0. The van der Waals surface area contributed by atoms with E-state index in [4.69, 9.17) is 21.7 Å². The van der Waals surface area contributed by atoms with Crippen LogP contribution in [0.5, 0.6) is 11.5 Å². The summed E-state index contributed by atoms with van der Waals surface area (Å²) < 4.78 is 12.2. The lowest BCUT2D eigenvalue weighted by Crippen LogP contribution is -2.40. The lowest BCUT2D eigenvalue weighted by molar-refractivity contribution is -0.117. The highest BCUT2D eigenvalue weighted by atomic mass is 32.1. The first-order valence-corrected chi connectivity index (χ1v) is 8.15. The van der Waals surface area contributed by atoms with Crippen LogP contribution in [-0.2, 0) is 4.79 Å². The second kappa shape index (κ2) is 4.84. The van der Waals surface area contributed by atoms with Gasteiger partial charge in [-0.1, -0.05) is 6.42 Å². The minimum absolute atomic E-state index is 0.0451. The van der Waals surface area contributed by atoms with E-state index in [1.807, 2.05) is 18.2 Å². The maximum atomic E-state index is 12.2. The third-order valence-corrected chi connectivity index (χ3v) is 4.83. The van der Waals surface area contributed by atoms with Crippen LogP contribution < -0.4 is 19.7 Å². The van der Waals surface area contributed by atoms with Gasteiger partial charge in [0.2, 0.25) is 0 Å². The summed E-state index contributed by atoms with van der Waals surface area (Å²) in [5.41, 5.74) is 0.724. The molecule has 0 unspecified atom stereocenters. The van der Waals surface area contributed by atoms with Crippen LogP contribution in [0.25, 0.3) is 0 Å².